The Morgan fingerprint density at radius 2 is 1.26 bits per heavy atom. The van der Waals surface area contributed by atoms with Crippen LogP contribution in [0.5, 0.6) is 0 Å². The molecule has 0 N–H and O–H groups in total. The van der Waals surface area contributed by atoms with Crippen LogP contribution < -0.4 is 0 Å². The Balaban J connectivity index is 5.54. The van der Waals surface area contributed by atoms with Gasteiger partial charge in [-0.2, -0.15) is 0 Å². The largest absolute Gasteiger partial charge is 0.0991 e. The van der Waals surface area contributed by atoms with Gasteiger partial charge in [0.05, 0.1) is 0 Å². The number of hydrogen-bond donors (Lipinski definition) is 0. The van der Waals surface area contributed by atoms with E-state index >= 15 is 0 Å². The molecule has 0 amide bonds. The van der Waals surface area contributed by atoms with E-state index in [1.165, 1.54) is 94.6 Å². The van der Waals surface area contributed by atoms with Gasteiger partial charge >= 0.3 is 0 Å². The number of allylic oxidation sites excluding steroid dienone is 9. The minimum atomic E-state index is 0.246. The lowest BCUT2D eigenvalue weighted by Crippen LogP contribution is -2.29. The van der Waals surface area contributed by atoms with E-state index in [2.05, 4.69) is 84.6 Å². The third-order valence-electron chi connectivity index (χ3n) is 7.07. The summed E-state index contributed by atoms with van der Waals surface area (Å²) in [6, 6.07) is 0. The van der Waals surface area contributed by atoms with Crippen molar-refractivity contribution in [1.82, 2.24) is 0 Å². The fraction of sp³-hybridized carbons (Fsp3) is 0.706. The highest BCUT2D eigenvalue weighted by molar-refractivity contribution is 5.12. The van der Waals surface area contributed by atoms with Crippen molar-refractivity contribution in [3.05, 3.63) is 60.3 Å². The first-order chi connectivity index (χ1) is 16.4. The highest BCUT2D eigenvalue weighted by atomic mass is 14.4. The summed E-state index contributed by atoms with van der Waals surface area (Å²) in [7, 11) is 0. The van der Waals surface area contributed by atoms with Crippen molar-refractivity contribution < 1.29 is 0 Å². The smallest absolute Gasteiger partial charge is 0.0131 e. The standard InChI is InChI=1S/C34H60/c1-8-11-14-16-18-19-20-22-25-33(30-32(6)7)34(27-23-13-10-3,29-26-31(4)5)28-24-21-17-15-12-9-2/h10,13,21,23-24,26,30,33H,3,8-9,11-12,14-20,22,25,27-29H2,1-2,4-7H3. The van der Waals surface area contributed by atoms with Gasteiger partial charge in [-0.3, -0.25) is 0 Å². The van der Waals surface area contributed by atoms with Gasteiger partial charge in [0.25, 0.3) is 0 Å². The van der Waals surface area contributed by atoms with E-state index in [9.17, 15) is 0 Å². The van der Waals surface area contributed by atoms with Crippen LogP contribution in [0.1, 0.15) is 144 Å². The molecule has 0 aromatic heterocycles. The summed E-state index contributed by atoms with van der Waals surface area (Å²) in [6.07, 6.45) is 37.6. The molecule has 2 atom stereocenters. The van der Waals surface area contributed by atoms with E-state index in [0.29, 0.717) is 5.92 Å². The van der Waals surface area contributed by atoms with Gasteiger partial charge in [0.15, 0.2) is 0 Å². The van der Waals surface area contributed by atoms with E-state index in [1.807, 2.05) is 6.08 Å². The molecule has 0 heterocycles. The molecule has 0 bridgehead atoms. The van der Waals surface area contributed by atoms with Crippen molar-refractivity contribution in [2.24, 2.45) is 11.3 Å². The molecule has 0 radical (unpaired) electrons. The fourth-order valence-electron chi connectivity index (χ4n) is 4.93. The van der Waals surface area contributed by atoms with Crippen LogP contribution in [0.4, 0.5) is 0 Å². The summed E-state index contributed by atoms with van der Waals surface area (Å²) in [6.45, 7) is 17.6. The fourth-order valence-corrected chi connectivity index (χ4v) is 4.93. The maximum absolute atomic E-state index is 3.92. The molecular formula is C34H60. The van der Waals surface area contributed by atoms with Gasteiger partial charge in [-0.15, -0.1) is 0 Å². The molecule has 0 aliphatic rings. The molecule has 0 aliphatic carbocycles. The topological polar surface area (TPSA) is 0 Å². The number of rotatable bonds is 22. The minimum Gasteiger partial charge on any atom is -0.0991 e. The molecule has 0 saturated heterocycles. The summed E-state index contributed by atoms with van der Waals surface area (Å²) in [4.78, 5) is 0. The number of hydrogen-bond acceptors (Lipinski definition) is 0. The summed E-state index contributed by atoms with van der Waals surface area (Å²) < 4.78 is 0. The van der Waals surface area contributed by atoms with Crippen LogP contribution in [-0.4, -0.2) is 0 Å². The third-order valence-corrected chi connectivity index (χ3v) is 7.07. The second-order valence-corrected chi connectivity index (χ2v) is 11.0. The van der Waals surface area contributed by atoms with Crippen molar-refractivity contribution in [2.45, 2.75) is 144 Å². The average molecular weight is 469 g/mol. The van der Waals surface area contributed by atoms with Crippen molar-refractivity contribution >= 4 is 0 Å². The molecule has 0 aromatic rings. The zero-order chi connectivity index (χ0) is 25.5. The van der Waals surface area contributed by atoms with Gasteiger partial charge in [0.2, 0.25) is 0 Å². The molecule has 2 unspecified atom stereocenters. The Bertz CT molecular complexity index is 592. The first-order valence-corrected chi connectivity index (χ1v) is 14.6. The maximum Gasteiger partial charge on any atom is -0.0131 e. The summed E-state index contributed by atoms with van der Waals surface area (Å²) in [5.74, 6) is 0.614. The average Bonchev–Trinajstić information content (AvgIpc) is 2.80. The summed E-state index contributed by atoms with van der Waals surface area (Å²) in [5.41, 5.74) is 3.15. The Labute approximate surface area is 215 Å². The molecule has 0 heteroatoms. The third kappa shape index (κ3) is 17.2. The van der Waals surface area contributed by atoms with E-state index in [-0.39, 0.29) is 5.41 Å². The monoisotopic (exact) mass is 468 g/mol. The highest BCUT2D eigenvalue weighted by Crippen LogP contribution is 2.45. The van der Waals surface area contributed by atoms with Gasteiger partial charge in [0, 0.05) is 0 Å². The lowest BCUT2D eigenvalue weighted by molar-refractivity contribution is 0.190. The minimum absolute atomic E-state index is 0.246. The second kappa shape index (κ2) is 22.2. The Morgan fingerprint density at radius 1 is 0.676 bits per heavy atom. The molecule has 0 saturated carbocycles. The van der Waals surface area contributed by atoms with Gasteiger partial charge < -0.3 is 0 Å². The first-order valence-electron chi connectivity index (χ1n) is 14.6. The molecule has 0 aliphatic heterocycles. The van der Waals surface area contributed by atoms with E-state index in [1.54, 1.807) is 0 Å². The van der Waals surface area contributed by atoms with Crippen LogP contribution in [0.25, 0.3) is 0 Å². The predicted octanol–water partition coefficient (Wildman–Crippen LogP) is 12.1. The summed E-state index contributed by atoms with van der Waals surface area (Å²) in [5, 5.41) is 0. The summed E-state index contributed by atoms with van der Waals surface area (Å²) >= 11 is 0. The van der Waals surface area contributed by atoms with Crippen LogP contribution >= 0.6 is 0 Å². The molecule has 0 aromatic carbocycles. The van der Waals surface area contributed by atoms with Crippen molar-refractivity contribution in [3.8, 4) is 0 Å². The molecule has 0 nitrogen and oxygen atoms in total. The molecule has 0 rings (SSSR count). The zero-order valence-corrected chi connectivity index (χ0v) is 24.1. The molecule has 196 valence electrons. The molecule has 0 spiro atoms. The lowest BCUT2D eigenvalue weighted by Gasteiger charge is -2.39. The van der Waals surface area contributed by atoms with Crippen LogP contribution in [0, 0.1) is 11.3 Å². The van der Waals surface area contributed by atoms with Gasteiger partial charge in [0.1, 0.15) is 0 Å². The normalized spacial score (nSPS) is 14.3. The Morgan fingerprint density at radius 3 is 1.85 bits per heavy atom. The molecular weight excluding hydrogens is 408 g/mol. The van der Waals surface area contributed by atoms with E-state index in [4.69, 9.17) is 0 Å². The number of unbranched alkanes of at least 4 members (excludes halogenated alkanes) is 10. The Kier molecular flexibility index (Phi) is 21.3. The molecule has 34 heavy (non-hydrogen) atoms. The van der Waals surface area contributed by atoms with Crippen molar-refractivity contribution in [2.75, 3.05) is 0 Å². The Hall–Kier alpha value is -1.30. The predicted molar refractivity (Wildman–Crippen MR) is 158 cm³/mol. The van der Waals surface area contributed by atoms with Crippen LogP contribution in [0.15, 0.2) is 60.3 Å². The first kappa shape index (κ1) is 32.7. The lowest BCUT2D eigenvalue weighted by atomic mass is 9.65. The van der Waals surface area contributed by atoms with Gasteiger partial charge in [-0.1, -0.05) is 138 Å². The maximum atomic E-state index is 3.92. The van der Waals surface area contributed by atoms with Crippen LogP contribution in [0.3, 0.4) is 0 Å². The van der Waals surface area contributed by atoms with Crippen molar-refractivity contribution in [3.63, 3.8) is 0 Å². The van der Waals surface area contributed by atoms with Gasteiger partial charge in [-0.05, 0) is 77.6 Å². The quantitative estimate of drug-likeness (QED) is 0.0841. The van der Waals surface area contributed by atoms with E-state index in [0.717, 1.165) is 19.3 Å². The van der Waals surface area contributed by atoms with Gasteiger partial charge in [-0.25, -0.2) is 0 Å². The second-order valence-electron chi connectivity index (χ2n) is 11.0. The van der Waals surface area contributed by atoms with E-state index < -0.39 is 0 Å². The SMILES string of the molecule is C=CC=CCC(CC=CCCCCC)(CC=C(C)C)C(C=C(C)C)CCCCCCCCCC. The zero-order valence-electron chi connectivity index (χ0n) is 24.1. The highest BCUT2D eigenvalue weighted by Gasteiger charge is 2.34. The van der Waals surface area contributed by atoms with Crippen LogP contribution in [-0.2, 0) is 0 Å². The van der Waals surface area contributed by atoms with Crippen molar-refractivity contribution in [1.29, 1.82) is 0 Å². The van der Waals surface area contributed by atoms with Crippen LogP contribution in [0.2, 0.25) is 0 Å². The molecule has 0 fully saturated rings.